The molecule has 2 aromatic heterocycles. The summed E-state index contributed by atoms with van der Waals surface area (Å²) in [5, 5.41) is 1.10. The van der Waals surface area contributed by atoms with Crippen LogP contribution in [0.1, 0.15) is 27.7 Å². The molecule has 1 N–H and O–H groups in total. The van der Waals surface area contributed by atoms with Gasteiger partial charge in [0.1, 0.15) is 5.65 Å². The first-order valence-electron chi connectivity index (χ1n) is 6.28. The van der Waals surface area contributed by atoms with Crippen molar-refractivity contribution in [1.29, 1.82) is 0 Å². The van der Waals surface area contributed by atoms with Gasteiger partial charge in [-0.2, -0.15) is 0 Å². The number of hydrogen-bond acceptors (Lipinski definition) is 3. The van der Waals surface area contributed by atoms with Crippen molar-refractivity contribution in [2.24, 2.45) is 0 Å². The number of H-pyrrole nitrogens is 1. The van der Waals surface area contributed by atoms with E-state index in [2.05, 4.69) is 66.3 Å². The number of aromatic nitrogens is 2. The van der Waals surface area contributed by atoms with E-state index in [9.17, 15) is 0 Å². The number of aromatic amines is 1. The largest absolute Gasteiger partial charge is 0.496 e. The minimum Gasteiger partial charge on any atom is -0.399 e. The highest BCUT2D eigenvalue weighted by atomic mass is 127. The molecule has 1 saturated heterocycles. The molecule has 0 saturated carbocycles. The van der Waals surface area contributed by atoms with Gasteiger partial charge < -0.3 is 14.3 Å². The molecule has 100 valence electrons. The maximum Gasteiger partial charge on any atom is 0.496 e. The predicted octanol–water partition coefficient (Wildman–Crippen LogP) is 2.47. The van der Waals surface area contributed by atoms with Crippen LogP contribution in [-0.2, 0) is 9.31 Å². The van der Waals surface area contributed by atoms with Gasteiger partial charge in [-0.25, -0.2) is 4.98 Å². The molecule has 0 radical (unpaired) electrons. The Bertz CT molecular complexity index is 623. The molecular formula is C13H16BIN2O2. The summed E-state index contributed by atoms with van der Waals surface area (Å²) >= 11 is 2.29. The fraction of sp³-hybridized carbons (Fsp3) is 0.462. The van der Waals surface area contributed by atoms with Crippen LogP contribution < -0.4 is 5.46 Å². The third-order valence-corrected chi connectivity index (χ3v) is 4.92. The molecule has 0 unspecified atom stereocenters. The lowest BCUT2D eigenvalue weighted by molar-refractivity contribution is 0.00578. The lowest BCUT2D eigenvalue weighted by Gasteiger charge is -2.32. The zero-order valence-corrected chi connectivity index (χ0v) is 13.6. The van der Waals surface area contributed by atoms with Crippen LogP contribution in [-0.4, -0.2) is 28.3 Å². The van der Waals surface area contributed by atoms with Crippen molar-refractivity contribution in [3.05, 3.63) is 22.0 Å². The average Bonchev–Trinajstić information content (AvgIpc) is 2.78. The Morgan fingerprint density at radius 2 is 1.84 bits per heavy atom. The van der Waals surface area contributed by atoms with Gasteiger partial charge in [0.2, 0.25) is 0 Å². The number of rotatable bonds is 1. The second kappa shape index (κ2) is 4.20. The summed E-state index contributed by atoms with van der Waals surface area (Å²) < 4.78 is 13.2. The van der Waals surface area contributed by atoms with Gasteiger partial charge in [0.15, 0.2) is 0 Å². The van der Waals surface area contributed by atoms with E-state index in [0.717, 1.165) is 20.1 Å². The number of halogens is 1. The lowest BCUT2D eigenvalue weighted by Crippen LogP contribution is -2.41. The quantitative estimate of drug-likeness (QED) is 0.620. The minimum absolute atomic E-state index is 0.322. The average molecular weight is 370 g/mol. The highest BCUT2D eigenvalue weighted by Crippen LogP contribution is 2.36. The fourth-order valence-electron chi connectivity index (χ4n) is 2.10. The van der Waals surface area contributed by atoms with Crippen LogP contribution in [0, 0.1) is 3.57 Å². The van der Waals surface area contributed by atoms with E-state index in [4.69, 9.17) is 9.31 Å². The van der Waals surface area contributed by atoms with E-state index < -0.39 is 0 Å². The monoisotopic (exact) mass is 370 g/mol. The molecule has 0 aromatic carbocycles. The molecule has 6 heteroatoms. The third kappa shape index (κ3) is 2.09. The first-order chi connectivity index (χ1) is 8.80. The summed E-state index contributed by atoms with van der Waals surface area (Å²) in [7, 11) is -0.354. The Hall–Kier alpha value is -0.595. The van der Waals surface area contributed by atoms with Crippen molar-refractivity contribution >= 4 is 46.2 Å². The summed E-state index contributed by atoms with van der Waals surface area (Å²) in [5.74, 6) is 0. The van der Waals surface area contributed by atoms with Crippen LogP contribution in [0.4, 0.5) is 0 Å². The molecule has 4 nitrogen and oxygen atoms in total. The van der Waals surface area contributed by atoms with Crippen LogP contribution in [0.3, 0.4) is 0 Å². The Morgan fingerprint density at radius 3 is 2.47 bits per heavy atom. The lowest BCUT2D eigenvalue weighted by atomic mass is 9.80. The summed E-state index contributed by atoms with van der Waals surface area (Å²) in [5.41, 5.74) is 1.21. The van der Waals surface area contributed by atoms with Gasteiger partial charge in [-0.15, -0.1) is 0 Å². The van der Waals surface area contributed by atoms with Gasteiger partial charge in [0.05, 0.1) is 11.2 Å². The molecule has 19 heavy (non-hydrogen) atoms. The molecule has 1 aliphatic heterocycles. The molecular weight excluding hydrogens is 354 g/mol. The third-order valence-electron chi connectivity index (χ3n) is 4.03. The number of nitrogens with one attached hydrogen (secondary N) is 1. The van der Waals surface area contributed by atoms with Crippen molar-refractivity contribution in [1.82, 2.24) is 9.97 Å². The number of nitrogens with zero attached hydrogens (tertiary/aromatic N) is 1. The smallest absolute Gasteiger partial charge is 0.399 e. The highest BCUT2D eigenvalue weighted by molar-refractivity contribution is 14.1. The molecule has 0 spiro atoms. The van der Waals surface area contributed by atoms with E-state index >= 15 is 0 Å². The molecule has 3 rings (SSSR count). The molecule has 1 fully saturated rings. The van der Waals surface area contributed by atoms with Crippen molar-refractivity contribution in [3.63, 3.8) is 0 Å². The Kier molecular flexibility index (Phi) is 2.96. The van der Waals surface area contributed by atoms with Gasteiger partial charge in [-0.05, 0) is 56.4 Å². The highest BCUT2D eigenvalue weighted by Gasteiger charge is 2.51. The van der Waals surface area contributed by atoms with Crippen LogP contribution in [0.25, 0.3) is 11.0 Å². The summed E-state index contributed by atoms with van der Waals surface area (Å²) in [4.78, 5) is 7.56. The fourth-order valence-corrected chi connectivity index (χ4v) is 2.66. The minimum atomic E-state index is -0.354. The van der Waals surface area contributed by atoms with Crippen molar-refractivity contribution in [3.8, 4) is 0 Å². The molecule has 1 aliphatic rings. The summed E-state index contributed by atoms with van der Waals surface area (Å²) in [6, 6.07) is 2.09. The van der Waals surface area contributed by atoms with E-state index in [0.29, 0.717) is 0 Å². The van der Waals surface area contributed by atoms with Gasteiger partial charge in [-0.3, -0.25) is 0 Å². The van der Waals surface area contributed by atoms with Gasteiger partial charge >= 0.3 is 7.12 Å². The SMILES string of the molecule is CC1(C)OB(c2cnc3[nH]cc(I)c3c2)OC1(C)C. The molecule has 0 bridgehead atoms. The van der Waals surface area contributed by atoms with E-state index in [1.807, 2.05) is 12.4 Å². The zero-order valence-electron chi connectivity index (χ0n) is 11.5. The Morgan fingerprint density at radius 1 is 1.21 bits per heavy atom. The van der Waals surface area contributed by atoms with Crippen molar-refractivity contribution in [2.75, 3.05) is 0 Å². The second-order valence-corrected chi connectivity index (χ2v) is 7.05. The van der Waals surface area contributed by atoms with E-state index in [1.54, 1.807) is 0 Å². The van der Waals surface area contributed by atoms with Crippen LogP contribution in [0.15, 0.2) is 18.5 Å². The number of hydrogen-bond donors (Lipinski definition) is 1. The normalized spacial score (nSPS) is 21.2. The van der Waals surface area contributed by atoms with Gasteiger partial charge in [-0.1, -0.05) is 0 Å². The standard InChI is InChI=1S/C13H16BIN2O2/c1-12(2)13(3,4)19-14(18-12)8-5-9-10(15)7-17-11(9)16-6-8/h5-7H,1-4H3,(H,16,17). The van der Waals surface area contributed by atoms with Crippen LogP contribution in [0.5, 0.6) is 0 Å². The topological polar surface area (TPSA) is 47.1 Å². The maximum atomic E-state index is 6.04. The molecule has 0 aliphatic carbocycles. The first-order valence-corrected chi connectivity index (χ1v) is 7.36. The summed E-state index contributed by atoms with van der Waals surface area (Å²) in [6.45, 7) is 8.22. The summed E-state index contributed by atoms with van der Waals surface area (Å²) in [6.07, 6.45) is 3.77. The van der Waals surface area contributed by atoms with Gasteiger partial charge in [0.25, 0.3) is 0 Å². The number of fused-ring (bicyclic) bond motifs is 1. The molecule has 0 amide bonds. The zero-order chi connectivity index (χ0) is 13.8. The first kappa shape index (κ1) is 13.4. The van der Waals surface area contributed by atoms with Crippen LogP contribution >= 0.6 is 22.6 Å². The predicted molar refractivity (Wildman–Crippen MR) is 84.5 cm³/mol. The van der Waals surface area contributed by atoms with E-state index in [1.165, 1.54) is 0 Å². The molecule has 0 atom stereocenters. The number of pyridine rings is 1. The Balaban J connectivity index is 2.00. The second-order valence-electron chi connectivity index (χ2n) is 5.89. The molecule has 3 heterocycles. The molecule has 2 aromatic rings. The van der Waals surface area contributed by atoms with Crippen molar-refractivity contribution < 1.29 is 9.31 Å². The maximum absolute atomic E-state index is 6.04. The van der Waals surface area contributed by atoms with Crippen LogP contribution in [0.2, 0.25) is 0 Å². The van der Waals surface area contributed by atoms with Gasteiger partial charge in [0, 0.05) is 26.8 Å². The van der Waals surface area contributed by atoms with Crippen molar-refractivity contribution in [2.45, 2.75) is 38.9 Å². The van der Waals surface area contributed by atoms with E-state index in [-0.39, 0.29) is 18.3 Å². The Labute approximate surface area is 126 Å².